The van der Waals surface area contributed by atoms with Crippen LogP contribution in [0.4, 0.5) is 0 Å². The van der Waals surface area contributed by atoms with E-state index in [0.717, 1.165) is 43.7 Å². The van der Waals surface area contributed by atoms with Gasteiger partial charge in [0.05, 0.1) is 18.1 Å². The van der Waals surface area contributed by atoms with Gasteiger partial charge in [-0.25, -0.2) is 0 Å². The average molecular weight is 305 g/mol. The number of carbonyl (C=O) groups is 1. The number of rotatable bonds is 3. The molecule has 1 aliphatic carbocycles. The predicted molar refractivity (Wildman–Crippen MR) is 86.3 cm³/mol. The van der Waals surface area contributed by atoms with Gasteiger partial charge in [0.25, 0.3) is 0 Å². The van der Waals surface area contributed by atoms with Gasteiger partial charge in [-0.1, -0.05) is 43.2 Å². The maximum absolute atomic E-state index is 12.7. The van der Waals surface area contributed by atoms with E-state index in [1.165, 1.54) is 5.56 Å². The van der Waals surface area contributed by atoms with Crippen LogP contribution in [0.1, 0.15) is 43.7 Å². The van der Waals surface area contributed by atoms with E-state index in [1.807, 2.05) is 34.9 Å². The summed E-state index contributed by atoms with van der Waals surface area (Å²) in [6.07, 6.45) is 3.93. The number of thioether (sulfide) groups is 1. The molecule has 1 unspecified atom stereocenters. The van der Waals surface area contributed by atoms with Gasteiger partial charge in [0, 0.05) is 18.1 Å². The van der Waals surface area contributed by atoms with Crippen molar-refractivity contribution in [3.05, 3.63) is 35.9 Å². The number of hydrogen-bond donors (Lipinski definition) is 1. The van der Waals surface area contributed by atoms with Crippen LogP contribution in [0.5, 0.6) is 0 Å². The molecule has 0 aromatic heterocycles. The van der Waals surface area contributed by atoms with E-state index in [-0.39, 0.29) is 11.9 Å². The molecule has 0 bridgehead atoms. The molecule has 2 aliphatic rings. The fourth-order valence-corrected chi connectivity index (χ4v) is 4.53. The Morgan fingerprint density at radius 2 is 2.00 bits per heavy atom. The van der Waals surface area contributed by atoms with Gasteiger partial charge in [-0.05, 0) is 18.4 Å². The summed E-state index contributed by atoms with van der Waals surface area (Å²) in [5.41, 5.74) is 0.458. The lowest BCUT2D eigenvalue weighted by atomic mass is 9.96. The summed E-state index contributed by atoms with van der Waals surface area (Å²) >= 11 is 1.90. The lowest BCUT2D eigenvalue weighted by molar-refractivity contribution is -0.138. The first-order valence-corrected chi connectivity index (χ1v) is 8.98. The zero-order valence-electron chi connectivity index (χ0n) is 12.3. The molecule has 21 heavy (non-hydrogen) atoms. The van der Waals surface area contributed by atoms with Gasteiger partial charge in [-0.2, -0.15) is 11.8 Å². The highest BCUT2D eigenvalue weighted by molar-refractivity contribution is 7.99. The van der Waals surface area contributed by atoms with Crippen molar-refractivity contribution >= 4 is 17.7 Å². The van der Waals surface area contributed by atoms with E-state index < -0.39 is 5.60 Å². The molecule has 0 spiro atoms. The third-order valence-electron chi connectivity index (χ3n) is 4.65. The van der Waals surface area contributed by atoms with Gasteiger partial charge in [-0.15, -0.1) is 0 Å². The minimum Gasteiger partial charge on any atom is -0.389 e. The Balaban J connectivity index is 1.73. The van der Waals surface area contributed by atoms with Gasteiger partial charge < -0.3 is 10.0 Å². The molecule has 1 saturated carbocycles. The van der Waals surface area contributed by atoms with Crippen LogP contribution in [-0.4, -0.2) is 39.6 Å². The van der Waals surface area contributed by atoms with Crippen molar-refractivity contribution in [2.24, 2.45) is 0 Å². The highest BCUT2D eigenvalue weighted by atomic mass is 32.2. The van der Waals surface area contributed by atoms with Crippen LogP contribution in [-0.2, 0) is 4.79 Å². The van der Waals surface area contributed by atoms with Crippen LogP contribution >= 0.6 is 11.8 Å². The van der Waals surface area contributed by atoms with Crippen molar-refractivity contribution in [1.82, 2.24) is 4.90 Å². The van der Waals surface area contributed by atoms with Gasteiger partial charge in [0.2, 0.25) is 5.91 Å². The predicted octanol–water partition coefficient (Wildman–Crippen LogP) is 3.00. The smallest absolute Gasteiger partial charge is 0.226 e. The summed E-state index contributed by atoms with van der Waals surface area (Å²) in [5, 5.41) is 10.5. The lowest BCUT2D eigenvalue weighted by Gasteiger charge is -2.37. The second-order valence-corrected chi connectivity index (χ2v) is 7.35. The van der Waals surface area contributed by atoms with E-state index >= 15 is 0 Å². The molecule has 1 saturated heterocycles. The number of carbonyl (C=O) groups excluding carboxylic acids is 1. The fraction of sp³-hybridized carbons (Fsp3) is 0.588. The number of aliphatic hydroxyl groups is 1. The van der Waals surface area contributed by atoms with E-state index in [9.17, 15) is 9.90 Å². The molecule has 1 aromatic carbocycles. The SMILES string of the molecule is O=C(CC1(O)CCCC1)N1CCSCC1c1ccccc1. The maximum atomic E-state index is 12.7. The van der Waals surface area contributed by atoms with Gasteiger partial charge in [-0.3, -0.25) is 4.79 Å². The Hall–Kier alpha value is -1.00. The largest absolute Gasteiger partial charge is 0.389 e. The molecule has 2 fully saturated rings. The maximum Gasteiger partial charge on any atom is 0.226 e. The summed E-state index contributed by atoms with van der Waals surface area (Å²) in [6.45, 7) is 0.791. The summed E-state index contributed by atoms with van der Waals surface area (Å²) in [6, 6.07) is 10.4. The molecule has 1 N–H and O–H groups in total. The van der Waals surface area contributed by atoms with Crippen LogP contribution < -0.4 is 0 Å². The molecular formula is C17H23NO2S. The number of nitrogens with zero attached hydrogens (tertiary/aromatic N) is 1. The topological polar surface area (TPSA) is 40.5 Å². The third kappa shape index (κ3) is 3.43. The van der Waals surface area contributed by atoms with Crippen LogP contribution in [0.15, 0.2) is 30.3 Å². The quantitative estimate of drug-likeness (QED) is 0.933. The Bertz CT molecular complexity index is 485. The molecule has 1 amide bonds. The van der Waals surface area contributed by atoms with Gasteiger partial charge >= 0.3 is 0 Å². The zero-order chi connectivity index (χ0) is 14.7. The minimum atomic E-state index is -0.747. The van der Waals surface area contributed by atoms with Crippen LogP contribution in [0, 0.1) is 0 Å². The number of amides is 1. The monoisotopic (exact) mass is 305 g/mol. The fourth-order valence-electron chi connectivity index (χ4n) is 3.45. The highest BCUT2D eigenvalue weighted by Crippen LogP contribution is 2.35. The van der Waals surface area contributed by atoms with Crippen LogP contribution in [0.3, 0.4) is 0 Å². The molecule has 0 radical (unpaired) electrons. The van der Waals surface area contributed by atoms with Gasteiger partial charge in [0.1, 0.15) is 0 Å². The molecule has 1 aromatic rings. The summed E-state index contributed by atoms with van der Waals surface area (Å²) in [4.78, 5) is 14.7. The van der Waals surface area contributed by atoms with E-state index in [2.05, 4.69) is 12.1 Å². The summed E-state index contributed by atoms with van der Waals surface area (Å²) in [7, 11) is 0. The molecule has 3 rings (SSSR count). The Morgan fingerprint density at radius 3 is 2.71 bits per heavy atom. The summed E-state index contributed by atoms with van der Waals surface area (Å²) < 4.78 is 0. The van der Waals surface area contributed by atoms with Crippen molar-refractivity contribution in [2.45, 2.75) is 43.7 Å². The molecular weight excluding hydrogens is 282 g/mol. The lowest BCUT2D eigenvalue weighted by Crippen LogP contribution is -2.44. The second kappa shape index (κ2) is 6.41. The number of benzene rings is 1. The zero-order valence-corrected chi connectivity index (χ0v) is 13.1. The average Bonchev–Trinajstić information content (AvgIpc) is 2.94. The number of hydrogen-bond acceptors (Lipinski definition) is 3. The molecule has 4 heteroatoms. The van der Waals surface area contributed by atoms with Crippen molar-refractivity contribution in [1.29, 1.82) is 0 Å². The standard InChI is InChI=1S/C17H23NO2S/c19-16(12-17(20)8-4-5-9-17)18-10-11-21-13-15(18)14-6-2-1-3-7-14/h1-3,6-7,15,20H,4-5,8-13H2. The van der Waals surface area contributed by atoms with Crippen molar-refractivity contribution in [3.63, 3.8) is 0 Å². The van der Waals surface area contributed by atoms with Crippen LogP contribution in [0.2, 0.25) is 0 Å². The molecule has 1 atom stereocenters. The Labute approximate surface area is 130 Å². The normalized spacial score (nSPS) is 25.0. The van der Waals surface area contributed by atoms with Crippen LogP contribution in [0.25, 0.3) is 0 Å². The minimum absolute atomic E-state index is 0.119. The third-order valence-corrected chi connectivity index (χ3v) is 5.67. The van der Waals surface area contributed by atoms with Crippen molar-refractivity contribution < 1.29 is 9.90 Å². The Morgan fingerprint density at radius 1 is 1.29 bits per heavy atom. The van der Waals surface area contributed by atoms with Gasteiger partial charge in [0.15, 0.2) is 0 Å². The van der Waals surface area contributed by atoms with Crippen molar-refractivity contribution in [2.75, 3.05) is 18.1 Å². The van der Waals surface area contributed by atoms with E-state index in [1.54, 1.807) is 0 Å². The summed E-state index contributed by atoms with van der Waals surface area (Å²) in [5.74, 6) is 2.07. The van der Waals surface area contributed by atoms with Crippen molar-refractivity contribution in [3.8, 4) is 0 Å². The molecule has 3 nitrogen and oxygen atoms in total. The highest BCUT2D eigenvalue weighted by Gasteiger charge is 2.37. The Kier molecular flexibility index (Phi) is 4.55. The molecule has 114 valence electrons. The first kappa shape index (κ1) is 14.9. The first-order chi connectivity index (χ1) is 10.2. The molecule has 1 heterocycles. The van der Waals surface area contributed by atoms with E-state index in [0.29, 0.717) is 6.42 Å². The molecule has 1 aliphatic heterocycles. The second-order valence-electron chi connectivity index (χ2n) is 6.20. The van der Waals surface area contributed by atoms with E-state index in [4.69, 9.17) is 0 Å². The first-order valence-electron chi connectivity index (χ1n) is 7.82.